The minimum absolute atomic E-state index is 0.174. The summed E-state index contributed by atoms with van der Waals surface area (Å²) in [5.74, 6) is -0.174. The Morgan fingerprint density at radius 1 is 1.32 bits per heavy atom. The molecule has 110 valence electrons. The first kappa shape index (κ1) is 14.8. The van der Waals surface area contributed by atoms with Gasteiger partial charge in [-0.05, 0) is 33.2 Å². The summed E-state index contributed by atoms with van der Waals surface area (Å²) in [6.07, 6.45) is 3.57. The third-order valence-corrected chi connectivity index (χ3v) is 4.59. The lowest BCUT2D eigenvalue weighted by Crippen LogP contribution is -2.52. The molecule has 1 atom stereocenters. The van der Waals surface area contributed by atoms with Crippen molar-refractivity contribution in [1.82, 2.24) is 15.1 Å². The average molecular weight is 269 g/mol. The predicted octanol–water partition coefficient (Wildman–Crippen LogP) is 0.308. The number of nitrogens with one attached hydrogen (secondary N) is 1. The number of carbonyl (C=O) groups is 1. The molecule has 1 saturated heterocycles. The van der Waals surface area contributed by atoms with Gasteiger partial charge in [0, 0.05) is 38.8 Å². The number of rotatable bonds is 6. The van der Waals surface area contributed by atoms with Crippen molar-refractivity contribution in [3.8, 4) is 0 Å². The van der Waals surface area contributed by atoms with Gasteiger partial charge in [0.15, 0.2) is 0 Å². The molecule has 1 N–H and O–H groups in total. The van der Waals surface area contributed by atoms with Gasteiger partial charge in [-0.2, -0.15) is 0 Å². The van der Waals surface area contributed by atoms with E-state index in [1.54, 1.807) is 0 Å². The Kier molecular flexibility index (Phi) is 4.81. The molecule has 2 fully saturated rings. The Morgan fingerprint density at radius 3 is 2.42 bits per heavy atom. The van der Waals surface area contributed by atoms with Crippen molar-refractivity contribution in [3.63, 3.8) is 0 Å². The summed E-state index contributed by atoms with van der Waals surface area (Å²) >= 11 is 0. The molecule has 0 aromatic carbocycles. The van der Waals surface area contributed by atoms with E-state index in [-0.39, 0.29) is 5.97 Å². The van der Waals surface area contributed by atoms with Gasteiger partial charge in [0.2, 0.25) is 0 Å². The molecule has 5 nitrogen and oxygen atoms in total. The van der Waals surface area contributed by atoms with Gasteiger partial charge in [-0.15, -0.1) is 0 Å². The third-order valence-electron chi connectivity index (χ3n) is 4.59. The Bertz CT molecular complexity index is 312. The first-order valence-corrected chi connectivity index (χ1v) is 7.33. The van der Waals surface area contributed by atoms with Crippen molar-refractivity contribution in [2.75, 3.05) is 46.9 Å². The Labute approximate surface area is 116 Å². The van der Waals surface area contributed by atoms with Gasteiger partial charge in [0.25, 0.3) is 0 Å². The maximum atomic E-state index is 11.8. The molecule has 0 aromatic heterocycles. The molecule has 1 saturated carbocycles. The van der Waals surface area contributed by atoms with E-state index in [4.69, 9.17) is 4.74 Å². The molecule has 0 amide bonds. The van der Waals surface area contributed by atoms with Crippen LogP contribution in [0.25, 0.3) is 0 Å². The standard InChI is InChI=1S/C14H27N3O2/c1-14(15-2,13(18)19-3)6-7-16-8-10-17(11-9-16)12-4-5-12/h12,15H,4-11H2,1-3H3. The van der Waals surface area contributed by atoms with Crippen LogP contribution in [0, 0.1) is 0 Å². The van der Waals surface area contributed by atoms with Crippen LogP contribution in [-0.4, -0.2) is 74.2 Å². The number of piperazine rings is 1. The van der Waals surface area contributed by atoms with Crippen LogP contribution in [0.4, 0.5) is 0 Å². The summed E-state index contributed by atoms with van der Waals surface area (Å²) in [7, 11) is 3.27. The molecule has 0 aromatic rings. The molecular formula is C14H27N3O2. The summed E-state index contributed by atoms with van der Waals surface area (Å²) in [4.78, 5) is 16.8. The van der Waals surface area contributed by atoms with Gasteiger partial charge in [-0.1, -0.05) is 0 Å². The molecule has 0 radical (unpaired) electrons. The van der Waals surface area contributed by atoms with Crippen molar-refractivity contribution in [1.29, 1.82) is 0 Å². The van der Waals surface area contributed by atoms with Crippen LogP contribution in [-0.2, 0) is 9.53 Å². The molecular weight excluding hydrogens is 242 g/mol. The number of ether oxygens (including phenoxy) is 1. The second-order valence-electron chi connectivity index (χ2n) is 5.93. The van der Waals surface area contributed by atoms with Crippen molar-refractivity contribution in [3.05, 3.63) is 0 Å². The van der Waals surface area contributed by atoms with E-state index in [2.05, 4.69) is 15.1 Å². The molecule has 19 heavy (non-hydrogen) atoms. The average Bonchev–Trinajstić information content (AvgIpc) is 3.29. The lowest BCUT2D eigenvalue weighted by molar-refractivity contribution is -0.148. The Morgan fingerprint density at radius 2 is 1.95 bits per heavy atom. The topological polar surface area (TPSA) is 44.8 Å². The minimum Gasteiger partial charge on any atom is -0.468 e. The Balaban J connectivity index is 1.74. The fourth-order valence-corrected chi connectivity index (χ4v) is 2.73. The molecule has 2 aliphatic rings. The lowest BCUT2D eigenvalue weighted by Gasteiger charge is -2.36. The van der Waals surface area contributed by atoms with Gasteiger partial charge in [-0.25, -0.2) is 0 Å². The minimum atomic E-state index is -0.567. The zero-order valence-corrected chi connectivity index (χ0v) is 12.4. The van der Waals surface area contributed by atoms with Crippen LogP contribution in [0.3, 0.4) is 0 Å². The summed E-state index contributed by atoms with van der Waals surface area (Å²) in [5, 5.41) is 3.09. The Hall–Kier alpha value is -0.650. The number of methoxy groups -OCH3 is 1. The highest BCUT2D eigenvalue weighted by Gasteiger charge is 2.34. The highest BCUT2D eigenvalue weighted by Crippen LogP contribution is 2.27. The van der Waals surface area contributed by atoms with Crippen LogP contribution in [0.15, 0.2) is 0 Å². The zero-order chi connectivity index (χ0) is 13.9. The molecule has 1 unspecified atom stereocenters. The second kappa shape index (κ2) is 6.20. The van der Waals surface area contributed by atoms with E-state index in [1.807, 2.05) is 14.0 Å². The molecule has 1 heterocycles. The van der Waals surface area contributed by atoms with E-state index in [0.29, 0.717) is 0 Å². The maximum absolute atomic E-state index is 11.8. The fraction of sp³-hybridized carbons (Fsp3) is 0.929. The third kappa shape index (κ3) is 3.68. The van der Waals surface area contributed by atoms with E-state index in [9.17, 15) is 4.79 Å². The van der Waals surface area contributed by atoms with E-state index in [0.717, 1.165) is 32.1 Å². The number of hydrogen-bond donors (Lipinski definition) is 1. The van der Waals surface area contributed by atoms with Gasteiger partial charge in [0.05, 0.1) is 7.11 Å². The van der Waals surface area contributed by atoms with Gasteiger partial charge < -0.3 is 15.0 Å². The SMILES string of the molecule is CNC(C)(CCN1CCN(C2CC2)CC1)C(=O)OC. The lowest BCUT2D eigenvalue weighted by atomic mass is 9.98. The predicted molar refractivity (Wildman–Crippen MR) is 75.1 cm³/mol. The highest BCUT2D eigenvalue weighted by molar-refractivity contribution is 5.80. The molecule has 0 spiro atoms. The number of likely N-dealkylation sites (N-methyl/N-ethyl adjacent to an activating group) is 1. The smallest absolute Gasteiger partial charge is 0.325 e. The van der Waals surface area contributed by atoms with E-state index in [1.165, 1.54) is 33.0 Å². The van der Waals surface area contributed by atoms with Crippen LogP contribution in [0.2, 0.25) is 0 Å². The van der Waals surface area contributed by atoms with E-state index < -0.39 is 5.54 Å². The largest absolute Gasteiger partial charge is 0.468 e. The van der Waals surface area contributed by atoms with Gasteiger partial charge >= 0.3 is 5.97 Å². The van der Waals surface area contributed by atoms with Gasteiger partial charge in [0.1, 0.15) is 5.54 Å². The van der Waals surface area contributed by atoms with Crippen molar-refractivity contribution in [2.24, 2.45) is 0 Å². The normalized spacial score (nSPS) is 25.0. The highest BCUT2D eigenvalue weighted by atomic mass is 16.5. The monoisotopic (exact) mass is 269 g/mol. The van der Waals surface area contributed by atoms with E-state index >= 15 is 0 Å². The molecule has 0 bridgehead atoms. The van der Waals surface area contributed by atoms with Crippen molar-refractivity contribution in [2.45, 2.75) is 37.8 Å². The number of nitrogens with zero attached hydrogens (tertiary/aromatic N) is 2. The quantitative estimate of drug-likeness (QED) is 0.703. The molecule has 1 aliphatic heterocycles. The second-order valence-corrected chi connectivity index (χ2v) is 5.93. The molecule has 5 heteroatoms. The number of hydrogen-bond acceptors (Lipinski definition) is 5. The number of esters is 1. The summed E-state index contributed by atoms with van der Waals surface area (Å²) in [5.41, 5.74) is -0.567. The first-order chi connectivity index (χ1) is 9.09. The fourth-order valence-electron chi connectivity index (χ4n) is 2.73. The number of carbonyl (C=O) groups excluding carboxylic acids is 1. The van der Waals surface area contributed by atoms with Crippen LogP contribution in [0.1, 0.15) is 26.2 Å². The zero-order valence-electron chi connectivity index (χ0n) is 12.4. The maximum Gasteiger partial charge on any atom is 0.325 e. The summed E-state index contributed by atoms with van der Waals surface area (Å²) in [6, 6.07) is 0.875. The summed E-state index contributed by atoms with van der Waals surface area (Å²) in [6.45, 7) is 7.47. The van der Waals surface area contributed by atoms with Crippen LogP contribution in [0.5, 0.6) is 0 Å². The van der Waals surface area contributed by atoms with Crippen LogP contribution < -0.4 is 5.32 Å². The summed E-state index contributed by atoms with van der Waals surface area (Å²) < 4.78 is 4.87. The van der Waals surface area contributed by atoms with Crippen molar-refractivity contribution < 1.29 is 9.53 Å². The first-order valence-electron chi connectivity index (χ1n) is 7.33. The van der Waals surface area contributed by atoms with Gasteiger partial charge in [-0.3, -0.25) is 9.69 Å². The molecule has 1 aliphatic carbocycles. The van der Waals surface area contributed by atoms with Crippen molar-refractivity contribution >= 4 is 5.97 Å². The van der Waals surface area contributed by atoms with Crippen LogP contribution >= 0.6 is 0 Å². The molecule has 2 rings (SSSR count).